The standard InChI is InChI=1S/C17H19N3O/c21-12-15(9-13-5-2-1-3-6-13)19-10-14-11-20-17-16(14)7-4-8-18-17/h1-8,11,15,19,21H,9-10,12H2,(H,18,20)/t15-/m1/s1. The third-order valence-corrected chi connectivity index (χ3v) is 3.66. The molecule has 0 saturated heterocycles. The van der Waals surface area contributed by atoms with E-state index in [-0.39, 0.29) is 12.6 Å². The zero-order valence-corrected chi connectivity index (χ0v) is 11.8. The molecule has 4 heteroatoms. The summed E-state index contributed by atoms with van der Waals surface area (Å²) in [4.78, 5) is 7.45. The molecule has 0 saturated carbocycles. The van der Waals surface area contributed by atoms with E-state index in [2.05, 4.69) is 33.5 Å². The van der Waals surface area contributed by atoms with E-state index in [0.717, 1.165) is 17.5 Å². The Hall–Kier alpha value is -2.17. The van der Waals surface area contributed by atoms with Gasteiger partial charge in [0.15, 0.2) is 0 Å². The predicted molar refractivity (Wildman–Crippen MR) is 84.0 cm³/mol. The number of aromatic nitrogens is 2. The first-order valence-corrected chi connectivity index (χ1v) is 7.16. The van der Waals surface area contributed by atoms with E-state index >= 15 is 0 Å². The Balaban J connectivity index is 1.65. The van der Waals surface area contributed by atoms with Crippen LogP contribution in [0.3, 0.4) is 0 Å². The Labute approximate surface area is 123 Å². The molecule has 3 N–H and O–H groups in total. The van der Waals surface area contributed by atoms with E-state index in [9.17, 15) is 5.11 Å². The summed E-state index contributed by atoms with van der Waals surface area (Å²) in [6.45, 7) is 0.833. The van der Waals surface area contributed by atoms with Gasteiger partial charge in [-0.15, -0.1) is 0 Å². The van der Waals surface area contributed by atoms with E-state index in [1.54, 1.807) is 6.20 Å². The van der Waals surface area contributed by atoms with Crippen molar-refractivity contribution in [3.05, 3.63) is 66.0 Å². The van der Waals surface area contributed by atoms with Gasteiger partial charge < -0.3 is 15.4 Å². The van der Waals surface area contributed by atoms with Crippen molar-refractivity contribution in [2.24, 2.45) is 0 Å². The molecule has 0 aliphatic rings. The number of rotatable bonds is 6. The minimum absolute atomic E-state index is 0.0500. The average Bonchev–Trinajstić information content (AvgIpc) is 2.96. The summed E-state index contributed by atoms with van der Waals surface area (Å²) in [7, 11) is 0. The number of aliphatic hydroxyl groups is 1. The van der Waals surface area contributed by atoms with Gasteiger partial charge in [0.1, 0.15) is 5.65 Å². The van der Waals surface area contributed by atoms with E-state index in [1.165, 1.54) is 11.1 Å². The lowest BCUT2D eigenvalue weighted by atomic mass is 10.1. The third-order valence-electron chi connectivity index (χ3n) is 3.66. The molecule has 0 bridgehead atoms. The van der Waals surface area contributed by atoms with Gasteiger partial charge in [0.25, 0.3) is 0 Å². The van der Waals surface area contributed by atoms with E-state index in [0.29, 0.717) is 6.54 Å². The first-order chi connectivity index (χ1) is 10.4. The van der Waals surface area contributed by atoms with Crippen LogP contribution in [0.1, 0.15) is 11.1 Å². The van der Waals surface area contributed by atoms with Crippen LogP contribution in [0, 0.1) is 0 Å². The second kappa shape index (κ2) is 6.52. The van der Waals surface area contributed by atoms with Crippen molar-refractivity contribution in [3.63, 3.8) is 0 Å². The Morgan fingerprint density at radius 3 is 2.81 bits per heavy atom. The zero-order valence-electron chi connectivity index (χ0n) is 11.8. The minimum atomic E-state index is 0.0500. The molecule has 1 aromatic carbocycles. The molecule has 0 amide bonds. The number of benzene rings is 1. The van der Waals surface area contributed by atoms with Crippen LogP contribution in [-0.2, 0) is 13.0 Å². The summed E-state index contributed by atoms with van der Waals surface area (Å²) in [5.74, 6) is 0. The number of hydrogen-bond acceptors (Lipinski definition) is 3. The Kier molecular flexibility index (Phi) is 4.28. The van der Waals surface area contributed by atoms with Crippen molar-refractivity contribution in [2.45, 2.75) is 19.0 Å². The highest BCUT2D eigenvalue weighted by atomic mass is 16.3. The molecule has 108 valence electrons. The SMILES string of the molecule is OC[C@@H](Cc1ccccc1)NCc1c[nH]c2ncccc12. The normalized spacial score (nSPS) is 12.6. The maximum atomic E-state index is 9.55. The molecule has 0 aliphatic heterocycles. The fourth-order valence-electron chi connectivity index (χ4n) is 2.51. The molecule has 3 rings (SSSR count). The number of nitrogens with one attached hydrogen (secondary N) is 2. The second-order valence-corrected chi connectivity index (χ2v) is 5.16. The average molecular weight is 281 g/mol. The second-order valence-electron chi connectivity index (χ2n) is 5.16. The van der Waals surface area contributed by atoms with Gasteiger partial charge >= 0.3 is 0 Å². The number of H-pyrrole nitrogens is 1. The molecule has 3 aromatic rings. The molecule has 21 heavy (non-hydrogen) atoms. The molecule has 0 aliphatic carbocycles. The third kappa shape index (κ3) is 3.29. The number of aliphatic hydroxyl groups excluding tert-OH is 1. The van der Waals surface area contributed by atoms with Gasteiger partial charge in [-0.1, -0.05) is 30.3 Å². The molecule has 4 nitrogen and oxygen atoms in total. The quantitative estimate of drug-likeness (QED) is 0.649. The number of aromatic amines is 1. The summed E-state index contributed by atoms with van der Waals surface area (Å²) >= 11 is 0. The maximum absolute atomic E-state index is 9.55. The van der Waals surface area contributed by atoms with Crippen molar-refractivity contribution in [2.75, 3.05) is 6.61 Å². The van der Waals surface area contributed by atoms with Gasteiger partial charge in [-0.2, -0.15) is 0 Å². The molecule has 2 aromatic heterocycles. The highest BCUT2D eigenvalue weighted by molar-refractivity contribution is 5.79. The topological polar surface area (TPSA) is 60.9 Å². The lowest BCUT2D eigenvalue weighted by Crippen LogP contribution is -2.33. The van der Waals surface area contributed by atoms with Crippen LogP contribution >= 0.6 is 0 Å². The highest BCUT2D eigenvalue weighted by Crippen LogP contribution is 2.15. The van der Waals surface area contributed by atoms with Gasteiger partial charge in [-0.05, 0) is 29.7 Å². The van der Waals surface area contributed by atoms with Crippen LogP contribution < -0.4 is 5.32 Å². The predicted octanol–water partition coefficient (Wildman–Crippen LogP) is 2.26. The van der Waals surface area contributed by atoms with Crippen molar-refractivity contribution < 1.29 is 5.11 Å². The van der Waals surface area contributed by atoms with Gasteiger partial charge in [-0.25, -0.2) is 4.98 Å². The lowest BCUT2D eigenvalue weighted by molar-refractivity contribution is 0.241. The van der Waals surface area contributed by atoms with Crippen molar-refractivity contribution in [1.82, 2.24) is 15.3 Å². The molecule has 1 atom stereocenters. The summed E-state index contributed by atoms with van der Waals surface area (Å²) in [6.07, 6.45) is 4.57. The van der Waals surface area contributed by atoms with Crippen LogP contribution in [-0.4, -0.2) is 27.7 Å². The van der Waals surface area contributed by atoms with E-state index in [1.807, 2.05) is 30.5 Å². The summed E-state index contributed by atoms with van der Waals surface area (Å²) in [6, 6.07) is 14.3. The Morgan fingerprint density at radius 1 is 1.14 bits per heavy atom. The Morgan fingerprint density at radius 2 is 2.00 bits per heavy atom. The molecule has 0 spiro atoms. The fraction of sp³-hybridized carbons (Fsp3) is 0.235. The number of nitrogens with zero attached hydrogens (tertiary/aromatic N) is 1. The van der Waals surface area contributed by atoms with Gasteiger partial charge in [0.05, 0.1) is 6.61 Å². The van der Waals surface area contributed by atoms with Crippen LogP contribution in [0.4, 0.5) is 0 Å². The molecule has 2 heterocycles. The van der Waals surface area contributed by atoms with Crippen LogP contribution in [0.15, 0.2) is 54.9 Å². The summed E-state index contributed by atoms with van der Waals surface area (Å²) in [5, 5.41) is 14.1. The van der Waals surface area contributed by atoms with Crippen molar-refractivity contribution in [1.29, 1.82) is 0 Å². The molecule has 0 radical (unpaired) electrons. The molecule has 0 unspecified atom stereocenters. The van der Waals surface area contributed by atoms with Crippen LogP contribution in [0.2, 0.25) is 0 Å². The number of fused-ring (bicyclic) bond motifs is 1. The first kappa shape index (κ1) is 13.8. The van der Waals surface area contributed by atoms with Gasteiger partial charge in [-0.3, -0.25) is 0 Å². The summed E-state index contributed by atoms with van der Waals surface area (Å²) in [5.41, 5.74) is 3.30. The smallest absolute Gasteiger partial charge is 0.137 e. The maximum Gasteiger partial charge on any atom is 0.137 e. The minimum Gasteiger partial charge on any atom is -0.395 e. The molecular formula is C17H19N3O. The number of hydrogen-bond donors (Lipinski definition) is 3. The van der Waals surface area contributed by atoms with E-state index < -0.39 is 0 Å². The zero-order chi connectivity index (χ0) is 14.5. The lowest BCUT2D eigenvalue weighted by Gasteiger charge is -2.16. The highest BCUT2D eigenvalue weighted by Gasteiger charge is 2.10. The van der Waals surface area contributed by atoms with Gasteiger partial charge in [0.2, 0.25) is 0 Å². The largest absolute Gasteiger partial charge is 0.395 e. The number of pyridine rings is 1. The fourth-order valence-corrected chi connectivity index (χ4v) is 2.51. The first-order valence-electron chi connectivity index (χ1n) is 7.16. The monoisotopic (exact) mass is 281 g/mol. The van der Waals surface area contributed by atoms with Crippen LogP contribution in [0.5, 0.6) is 0 Å². The molecule has 0 fully saturated rings. The van der Waals surface area contributed by atoms with Crippen molar-refractivity contribution in [3.8, 4) is 0 Å². The van der Waals surface area contributed by atoms with Crippen molar-refractivity contribution >= 4 is 11.0 Å². The van der Waals surface area contributed by atoms with Crippen LogP contribution in [0.25, 0.3) is 11.0 Å². The van der Waals surface area contributed by atoms with Gasteiger partial charge in [0, 0.05) is 30.4 Å². The molecular weight excluding hydrogens is 262 g/mol. The summed E-state index contributed by atoms with van der Waals surface area (Å²) < 4.78 is 0. The van der Waals surface area contributed by atoms with E-state index in [4.69, 9.17) is 0 Å². The Bertz CT molecular complexity index is 693.